The van der Waals surface area contributed by atoms with Gasteiger partial charge in [0, 0.05) is 0 Å². The second-order valence-corrected chi connectivity index (χ2v) is 11.2. The number of sulfonamides is 1. The Kier molecular flexibility index (Phi) is 4.58. The van der Waals surface area contributed by atoms with Gasteiger partial charge in [0.2, 0.25) is 0 Å². The normalized spacial score (nSPS) is 30.3. The van der Waals surface area contributed by atoms with Crippen LogP contribution in [-0.2, 0) is 15.4 Å². The Balaban J connectivity index is 1.46. The highest BCUT2D eigenvalue weighted by molar-refractivity contribution is 7.92. The Bertz CT molecular complexity index is 960. The first-order valence-electron chi connectivity index (χ1n) is 10.8. The molecule has 4 fully saturated rings. The molecule has 0 amide bonds. The molecule has 0 heterocycles. The Morgan fingerprint density at radius 1 is 0.897 bits per heavy atom. The Hall–Kier alpha value is -2.07. The zero-order valence-corrected chi connectivity index (χ0v) is 17.7. The first-order valence-corrected chi connectivity index (χ1v) is 12.2. The number of nitrogens with zero attached hydrogens (tertiary/aromatic N) is 1. The Morgan fingerprint density at radius 2 is 1.45 bits per heavy atom. The summed E-state index contributed by atoms with van der Waals surface area (Å²) >= 11 is 0. The van der Waals surface area contributed by atoms with Crippen molar-refractivity contribution in [3.8, 4) is 0 Å². The van der Waals surface area contributed by atoms with Crippen molar-refractivity contribution in [1.29, 1.82) is 0 Å². The van der Waals surface area contributed by atoms with Crippen molar-refractivity contribution < 1.29 is 8.42 Å². The maximum atomic E-state index is 13.2. The van der Waals surface area contributed by atoms with E-state index in [-0.39, 0.29) is 6.54 Å². The standard InChI is InChI=1S/C25H29NO2S/c1-2-12-26(29(27,28)24-6-4-3-5-7-24)23-10-8-22(9-11-23)25-16-19-13-20(17-25)15-21(14-19)18-25/h2-11,19-21H,1,12-18H2. The maximum absolute atomic E-state index is 13.2. The lowest BCUT2D eigenvalue weighted by molar-refractivity contribution is -0.00518. The van der Waals surface area contributed by atoms with Gasteiger partial charge < -0.3 is 0 Å². The summed E-state index contributed by atoms with van der Waals surface area (Å²) in [6.07, 6.45) is 9.89. The molecule has 0 unspecified atom stereocenters. The van der Waals surface area contributed by atoms with E-state index in [0.717, 1.165) is 17.8 Å². The summed E-state index contributed by atoms with van der Waals surface area (Å²) in [7, 11) is -3.61. The van der Waals surface area contributed by atoms with E-state index in [4.69, 9.17) is 0 Å². The van der Waals surface area contributed by atoms with Gasteiger partial charge in [-0.2, -0.15) is 0 Å². The summed E-state index contributed by atoms with van der Waals surface area (Å²) in [6.45, 7) is 4.03. The van der Waals surface area contributed by atoms with Crippen LogP contribution in [0.15, 0.2) is 72.1 Å². The molecular weight excluding hydrogens is 378 g/mol. The van der Waals surface area contributed by atoms with E-state index in [9.17, 15) is 8.42 Å². The highest BCUT2D eigenvalue weighted by Gasteiger charge is 2.51. The number of hydrogen-bond donors (Lipinski definition) is 0. The summed E-state index contributed by atoms with van der Waals surface area (Å²) in [5.41, 5.74) is 2.45. The van der Waals surface area contributed by atoms with Gasteiger partial charge in [0.05, 0.1) is 17.1 Å². The molecule has 0 N–H and O–H groups in total. The van der Waals surface area contributed by atoms with Crippen LogP contribution in [0, 0.1) is 17.8 Å². The summed E-state index contributed by atoms with van der Waals surface area (Å²) in [5.74, 6) is 2.70. The van der Waals surface area contributed by atoms with E-state index in [1.807, 2.05) is 18.2 Å². The topological polar surface area (TPSA) is 37.4 Å². The largest absolute Gasteiger partial charge is 0.264 e. The van der Waals surface area contributed by atoms with E-state index in [2.05, 4.69) is 18.7 Å². The summed E-state index contributed by atoms with van der Waals surface area (Å²) in [6, 6.07) is 17.0. The molecule has 4 saturated carbocycles. The van der Waals surface area contributed by atoms with E-state index in [1.54, 1.807) is 30.3 Å². The molecule has 0 saturated heterocycles. The van der Waals surface area contributed by atoms with Crippen LogP contribution >= 0.6 is 0 Å². The molecule has 6 rings (SSSR count). The Morgan fingerprint density at radius 3 is 1.97 bits per heavy atom. The number of anilines is 1. The predicted molar refractivity (Wildman–Crippen MR) is 117 cm³/mol. The third-order valence-electron chi connectivity index (χ3n) is 7.43. The fraction of sp³-hybridized carbons (Fsp3) is 0.440. The van der Waals surface area contributed by atoms with Crippen LogP contribution in [0.25, 0.3) is 0 Å². The molecule has 4 aliphatic carbocycles. The molecule has 29 heavy (non-hydrogen) atoms. The van der Waals surface area contributed by atoms with Crippen molar-refractivity contribution in [2.75, 3.05) is 10.8 Å². The smallest absolute Gasteiger partial charge is 0.263 e. The highest BCUT2D eigenvalue weighted by Crippen LogP contribution is 2.60. The van der Waals surface area contributed by atoms with Crippen LogP contribution in [0.2, 0.25) is 0 Å². The second-order valence-electron chi connectivity index (χ2n) is 9.38. The lowest BCUT2D eigenvalue weighted by Crippen LogP contribution is -2.48. The van der Waals surface area contributed by atoms with Crippen LogP contribution in [0.1, 0.15) is 44.1 Å². The Labute approximate surface area is 174 Å². The SMILES string of the molecule is C=CCN(c1ccc(C23CC4CC(CC(C4)C2)C3)cc1)S(=O)(=O)c1ccccc1. The zero-order chi connectivity index (χ0) is 20.1. The molecule has 0 atom stereocenters. The molecule has 2 aromatic carbocycles. The predicted octanol–water partition coefficient (Wildman–Crippen LogP) is 5.54. The zero-order valence-electron chi connectivity index (χ0n) is 16.8. The first-order chi connectivity index (χ1) is 14.0. The molecule has 0 aliphatic heterocycles. The third kappa shape index (κ3) is 3.22. The molecular formula is C25H29NO2S. The first kappa shape index (κ1) is 18.9. The molecule has 4 aliphatic rings. The van der Waals surface area contributed by atoms with Gasteiger partial charge in [0.15, 0.2) is 0 Å². The van der Waals surface area contributed by atoms with Gasteiger partial charge >= 0.3 is 0 Å². The minimum absolute atomic E-state index is 0.258. The van der Waals surface area contributed by atoms with Crippen LogP contribution in [0.3, 0.4) is 0 Å². The van der Waals surface area contributed by atoms with Crippen molar-refractivity contribution in [2.24, 2.45) is 17.8 Å². The molecule has 0 aromatic heterocycles. The molecule has 0 radical (unpaired) electrons. The van der Waals surface area contributed by atoms with Crippen molar-refractivity contribution in [1.82, 2.24) is 0 Å². The quantitative estimate of drug-likeness (QED) is 0.590. The third-order valence-corrected chi connectivity index (χ3v) is 9.24. The van der Waals surface area contributed by atoms with Gasteiger partial charge in [-0.05, 0) is 91.5 Å². The fourth-order valence-electron chi connectivity index (χ4n) is 6.62. The van der Waals surface area contributed by atoms with Crippen molar-refractivity contribution in [3.05, 3.63) is 72.8 Å². The molecule has 3 nitrogen and oxygen atoms in total. The van der Waals surface area contributed by atoms with Gasteiger partial charge in [-0.3, -0.25) is 4.31 Å². The lowest BCUT2D eigenvalue weighted by Gasteiger charge is -2.57. The van der Waals surface area contributed by atoms with Crippen molar-refractivity contribution in [3.63, 3.8) is 0 Å². The minimum Gasteiger partial charge on any atom is -0.263 e. The van der Waals surface area contributed by atoms with Gasteiger partial charge in [-0.25, -0.2) is 8.42 Å². The van der Waals surface area contributed by atoms with E-state index < -0.39 is 10.0 Å². The number of benzene rings is 2. The molecule has 2 aromatic rings. The summed E-state index contributed by atoms with van der Waals surface area (Å²) in [5, 5.41) is 0. The second kappa shape index (κ2) is 7.02. The van der Waals surface area contributed by atoms with Gasteiger partial charge in [-0.15, -0.1) is 6.58 Å². The fourth-order valence-corrected chi connectivity index (χ4v) is 8.08. The minimum atomic E-state index is -3.61. The van der Waals surface area contributed by atoms with Crippen molar-refractivity contribution in [2.45, 2.75) is 48.8 Å². The summed E-state index contributed by atoms with van der Waals surface area (Å²) in [4.78, 5) is 0.312. The average Bonchev–Trinajstić information content (AvgIpc) is 2.72. The highest BCUT2D eigenvalue weighted by atomic mass is 32.2. The maximum Gasteiger partial charge on any atom is 0.264 e. The van der Waals surface area contributed by atoms with Crippen LogP contribution < -0.4 is 4.31 Å². The monoisotopic (exact) mass is 407 g/mol. The molecule has 0 spiro atoms. The number of hydrogen-bond acceptors (Lipinski definition) is 2. The van der Waals surface area contributed by atoms with Crippen LogP contribution in [0.5, 0.6) is 0 Å². The molecule has 152 valence electrons. The van der Waals surface area contributed by atoms with E-state index in [0.29, 0.717) is 16.0 Å². The van der Waals surface area contributed by atoms with Crippen molar-refractivity contribution >= 4 is 15.7 Å². The van der Waals surface area contributed by atoms with Gasteiger partial charge in [-0.1, -0.05) is 36.4 Å². The molecule has 4 bridgehead atoms. The lowest BCUT2D eigenvalue weighted by atomic mass is 9.48. The van der Waals surface area contributed by atoms with E-state index in [1.165, 1.54) is 48.4 Å². The number of rotatable bonds is 6. The van der Waals surface area contributed by atoms with Gasteiger partial charge in [0.25, 0.3) is 10.0 Å². The van der Waals surface area contributed by atoms with Crippen LogP contribution in [-0.4, -0.2) is 15.0 Å². The average molecular weight is 408 g/mol. The summed E-state index contributed by atoms with van der Waals surface area (Å²) < 4.78 is 27.9. The van der Waals surface area contributed by atoms with E-state index >= 15 is 0 Å². The van der Waals surface area contributed by atoms with Crippen LogP contribution in [0.4, 0.5) is 5.69 Å². The van der Waals surface area contributed by atoms with Gasteiger partial charge in [0.1, 0.15) is 0 Å². The molecule has 4 heteroatoms.